The van der Waals surface area contributed by atoms with Gasteiger partial charge >= 0.3 is 11.7 Å². The second kappa shape index (κ2) is 6.40. The fourth-order valence-corrected chi connectivity index (χ4v) is 2.44. The summed E-state index contributed by atoms with van der Waals surface area (Å²) in [5.74, 6) is -3.19. The summed E-state index contributed by atoms with van der Waals surface area (Å²) in [7, 11) is 0. The number of halogens is 2. The molecule has 1 heterocycles. The highest BCUT2D eigenvalue weighted by Crippen LogP contribution is 2.20. The summed E-state index contributed by atoms with van der Waals surface area (Å²) >= 11 is 5.64. The van der Waals surface area contributed by atoms with Crippen LogP contribution in [0.1, 0.15) is 10.4 Å². The number of aromatic nitrogens is 1. The Morgan fingerprint density at radius 3 is 2.68 bits per heavy atom. The number of aromatic carboxylic acids is 1. The van der Waals surface area contributed by atoms with Crippen molar-refractivity contribution in [3.8, 4) is 0 Å². The van der Waals surface area contributed by atoms with Crippen LogP contribution in [0, 0.1) is 5.82 Å². The summed E-state index contributed by atoms with van der Waals surface area (Å²) in [4.78, 5) is 35.1. The molecule has 0 unspecified atom stereocenters. The molecule has 0 bridgehead atoms. The lowest BCUT2D eigenvalue weighted by atomic mass is 10.2. The zero-order valence-electron chi connectivity index (χ0n) is 12.5. The second-order valence-electron chi connectivity index (χ2n) is 5.12. The molecule has 0 saturated heterocycles. The van der Waals surface area contributed by atoms with Gasteiger partial charge in [0.1, 0.15) is 12.4 Å². The number of carboxylic acid groups (broad SMARTS) is 1. The van der Waals surface area contributed by atoms with E-state index in [1.54, 1.807) is 0 Å². The Morgan fingerprint density at radius 1 is 1.24 bits per heavy atom. The van der Waals surface area contributed by atoms with E-state index in [9.17, 15) is 18.8 Å². The molecular formula is C16H10ClFN2O5. The standard InChI is InChI=1S/C16H10ClFN2O5/c17-10-6-9(2-3-11(10)18)19-14(21)7-20-12-5-8(15(22)23)1-4-13(12)25-16(20)24/h1-6H,7H2,(H,19,21)(H,22,23). The van der Waals surface area contributed by atoms with Crippen LogP contribution < -0.4 is 11.1 Å². The van der Waals surface area contributed by atoms with Gasteiger partial charge in [-0.05, 0) is 36.4 Å². The van der Waals surface area contributed by atoms with Gasteiger partial charge in [0.2, 0.25) is 5.91 Å². The van der Waals surface area contributed by atoms with Crippen molar-refractivity contribution in [2.24, 2.45) is 0 Å². The highest BCUT2D eigenvalue weighted by molar-refractivity contribution is 6.31. The Bertz CT molecular complexity index is 1060. The lowest BCUT2D eigenvalue weighted by Gasteiger charge is -2.06. The number of fused-ring (bicyclic) bond motifs is 1. The van der Waals surface area contributed by atoms with E-state index in [0.29, 0.717) is 0 Å². The third-order valence-electron chi connectivity index (χ3n) is 3.42. The average Bonchev–Trinajstić information content (AvgIpc) is 2.86. The Kier molecular flexibility index (Phi) is 4.28. The summed E-state index contributed by atoms with van der Waals surface area (Å²) in [6.07, 6.45) is 0. The molecule has 3 rings (SSSR count). The summed E-state index contributed by atoms with van der Waals surface area (Å²) in [5, 5.41) is 11.3. The van der Waals surface area contributed by atoms with E-state index in [-0.39, 0.29) is 27.4 Å². The van der Waals surface area contributed by atoms with Crippen molar-refractivity contribution in [2.75, 3.05) is 5.32 Å². The van der Waals surface area contributed by atoms with Crippen molar-refractivity contribution >= 4 is 40.3 Å². The second-order valence-corrected chi connectivity index (χ2v) is 5.53. The van der Waals surface area contributed by atoms with Gasteiger partial charge in [-0.1, -0.05) is 11.6 Å². The van der Waals surface area contributed by atoms with Gasteiger partial charge in [-0.25, -0.2) is 14.0 Å². The molecule has 2 aromatic carbocycles. The number of rotatable bonds is 4. The number of nitrogens with zero attached hydrogens (tertiary/aromatic N) is 1. The molecule has 0 aliphatic carbocycles. The van der Waals surface area contributed by atoms with E-state index in [1.807, 2.05) is 0 Å². The number of hydrogen-bond acceptors (Lipinski definition) is 4. The number of carbonyl (C=O) groups excluding carboxylic acids is 1. The smallest absolute Gasteiger partial charge is 0.420 e. The minimum Gasteiger partial charge on any atom is -0.478 e. The van der Waals surface area contributed by atoms with Crippen LogP contribution in [0.3, 0.4) is 0 Å². The van der Waals surface area contributed by atoms with Crippen molar-refractivity contribution in [3.05, 3.63) is 63.4 Å². The minimum absolute atomic E-state index is 0.0484. The lowest BCUT2D eigenvalue weighted by molar-refractivity contribution is -0.116. The normalized spacial score (nSPS) is 10.8. The van der Waals surface area contributed by atoms with Crippen molar-refractivity contribution in [1.29, 1.82) is 0 Å². The number of anilines is 1. The lowest BCUT2D eigenvalue weighted by Crippen LogP contribution is -2.24. The SMILES string of the molecule is O=C(Cn1c(=O)oc2ccc(C(=O)O)cc21)Nc1ccc(F)c(Cl)c1. The number of carboxylic acids is 1. The summed E-state index contributed by atoms with van der Waals surface area (Å²) in [6, 6.07) is 7.51. The Morgan fingerprint density at radius 2 is 2.00 bits per heavy atom. The molecule has 9 heteroatoms. The van der Waals surface area contributed by atoms with Crippen LogP contribution in [0.4, 0.5) is 10.1 Å². The van der Waals surface area contributed by atoms with Gasteiger partial charge in [0.25, 0.3) is 0 Å². The highest BCUT2D eigenvalue weighted by atomic mass is 35.5. The average molecular weight is 365 g/mol. The van der Waals surface area contributed by atoms with Gasteiger partial charge in [0.05, 0.1) is 16.1 Å². The molecule has 1 aromatic heterocycles. The molecule has 2 N–H and O–H groups in total. The van der Waals surface area contributed by atoms with Crippen LogP contribution in [-0.2, 0) is 11.3 Å². The van der Waals surface area contributed by atoms with E-state index in [2.05, 4.69) is 5.32 Å². The molecule has 0 fully saturated rings. The van der Waals surface area contributed by atoms with Crippen LogP contribution >= 0.6 is 11.6 Å². The first kappa shape index (κ1) is 16.7. The Hall–Kier alpha value is -3.13. The number of oxazole rings is 1. The molecule has 3 aromatic rings. The Labute approximate surface area is 144 Å². The topological polar surface area (TPSA) is 102 Å². The Balaban J connectivity index is 1.88. The molecular weight excluding hydrogens is 355 g/mol. The summed E-state index contributed by atoms with van der Waals surface area (Å²) in [6.45, 7) is -0.413. The van der Waals surface area contributed by atoms with Crippen molar-refractivity contribution in [2.45, 2.75) is 6.54 Å². The molecule has 1 amide bonds. The van der Waals surface area contributed by atoms with Crippen molar-refractivity contribution in [3.63, 3.8) is 0 Å². The van der Waals surface area contributed by atoms with Crippen molar-refractivity contribution < 1.29 is 23.5 Å². The number of nitrogens with one attached hydrogen (secondary N) is 1. The van der Waals surface area contributed by atoms with Gasteiger partial charge in [-0.2, -0.15) is 0 Å². The minimum atomic E-state index is -1.17. The monoisotopic (exact) mass is 364 g/mol. The van der Waals surface area contributed by atoms with Gasteiger partial charge in [-0.3, -0.25) is 9.36 Å². The van der Waals surface area contributed by atoms with Gasteiger partial charge in [0.15, 0.2) is 5.58 Å². The van der Waals surface area contributed by atoms with Crippen LogP contribution in [0.25, 0.3) is 11.1 Å². The van der Waals surface area contributed by atoms with Crippen LogP contribution in [0.5, 0.6) is 0 Å². The molecule has 7 nitrogen and oxygen atoms in total. The molecule has 0 aliphatic rings. The van der Waals surface area contributed by atoms with Gasteiger partial charge in [-0.15, -0.1) is 0 Å². The van der Waals surface area contributed by atoms with Crippen molar-refractivity contribution in [1.82, 2.24) is 4.57 Å². The number of hydrogen-bond donors (Lipinski definition) is 2. The van der Waals surface area contributed by atoms with E-state index in [1.165, 1.54) is 30.3 Å². The van der Waals surface area contributed by atoms with E-state index < -0.39 is 30.0 Å². The maximum Gasteiger partial charge on any atom is 0.420 e. The number of carbonyl (C=O) groups is 2. The molecule has 25 heavy (non-hydrogen) atoms. The van der Waals surface area contributed by atoms with E-state index in [0.717, 1.165) is 10.6 Å². The highest BCUT2D eigenvalue weighted by Gasteiger charge is 2.15. The summed E-state index contributed by atoms with van der Waals surface area (Å²) < 4.78 is 19.1. The molecule has 128 valence electrons. The predicted molar refractivity (Wildman–Crippen MR) is 87.5 cm³/mol. The van der Waals surface area contributed by atoms with Gasteiger partial charge in [0, 0.05) is 5.69 Å². The number of benzene rings is 2. The maximum absolute atomic E-state index is 13.1. The molecule has 0 spiro atoms. The first-order valence-corrected chi connectivity index (χ1v) is 7.34. The van der Waals surface area contributed by atoms with E-state index >= 15 is 0 Å². The zero-order valence-corrected chi connectivity index (χ0v) is 13.2. The fraction of sp³-hybridized carbons (Fsp3) is 0.0625. The fourth-order valence-electron chi connectivity index (χ4n) is 2.26. The molecule has 0 saturated carbocycles. The predicted octanol–water partition coefficient (Wildman–Crippen LogP) is 2.72. The van der Waals surface area contributed by atoms with Gasteiger partial charge < -0.3 is 14.8 Å². The third kappa shape index (κ3) is 3.38. The maximum atomic E-state index is 13.1. The molecule has 0 atom stereocenters. The molecule has 0 aliphatic heterocycles. The van der Waals surface area contributed by atoms with Crippen LogP contribution in [0.2, 0.25) is 5.02 Å². The largest absolute Gasteiger partial charge is 0.478 e. The third-order valence-corrected chi connectivity index (χ3v) is 3.71. The molecule has 0 radical (unpaired) electrons. The number of amides is 1. The first-order valence-electron chi connectivity index (χ1n) is 6.97. The van der Waals surface area contributed by atoms with Crippen LogP contribution in [0.15, 0.2) is 45.6 Å². The summed E-state index contributed by atoms with van der Waals surface area (Å²) in [5.41, 5.74) is 0.543. The quantitative estimate of drug-likeness (QED) is 0.741. The van der Waals surface area contributed by atoms with Crippen LogP contribution in [-0.4, -0.2) is 21.6 Å². The van der Waals surface area contributed by atoms with E-state index in [4.69, 9.17) is 21.1 Å². The first-order chi connectivity index (χ1) is 11.8. The zero-order chi connectivity index (χ0) is 18.1.